The second kappa shape index (κ2) is 7.47. The predicted octanol–water partition coefficient (Wildman–Crippen LogP) is 0.576. The van der Waals surface area contributed by atoms with Gasteiger partial charge in [0.05, 0.1) is 6.04 Å². The average molecular weight is 284 g/mol. The van der Waals surface area contributed by atoms with Gasteiger partial charge in [-0.1, -0.05) is 13.8 Å². The third kappa shape index (κ3) is 3.85. The van der Waals surface area contributed by atoms with Crippen LogP contribution in [0.4, 0.5) is 4.79 Å². The van der Waals surface area contributed by atoms with Crippen molar-refractivity contribution >= 4 is 11.9 Å². The van der Waals surface area contributed by atoms with E-state index >= 15 is 0 Å². The molecule has 1 saturated heterocycles. The van der Waals surface area contributed by atoms with Crippen LogP contribution >= 0.6 is 0 Å². The Bertz CT molecular complexity index is 312. The number of piperazine rings is 1. The van der Waals surface area contributed by atoms with Gasteiger partial charge in [-0.25, -0.2) is 4.79 Å². The highest BCUT2D eigenvalue weighted by Gasteiger charge is 2.29. The van der Waals surface area contributed by atoms with E-state index in [-0.39, 0.29) is 17.9 Å². The second-order valence-electron chi connectivity index (χ2n) is 5.54. The molecule has 0 radical (unpaired) electrons. The first-order valence-corrected chi connectivity index (χ1v) is 7.50. The van der Waals surface area contributed by atoms with Crippen molar-refractivity contribution in [3.05, 3.63) is 0 Å². The van der Waals surface area contributed by atoms with Gasteiger partial charge < -0.3 is 20.4 Å². The zero-order valence-electron chi connectivity index (χ0n) is 13.1. The largest absolute Gasteiger partial charge is 0.338 e. The minimum absolute atomic E-state index is 0.00469. The number of hydrogen-bond donors (Lipinski definition) is 1. The molecule has 1 rings (SSSR count). The Labute approximate surface area is 121 Å². The number of carbonyl (C=O) groups excluding carboxylic acids is 2. The molecule has 0 aromatic heterocycles. The quantitative estimate of drug-likeness (QED) is 0.821. The van der Waals surface area contributed by atoms with Crippen molar-refractivity contribution in [1.82, 2.24) is 14.7 Å². The minimum atomic E-state index is -0.444. The lowest BCUT2D eigenvalue weighted by molar-refractivity contribution is -0.135. The molecule has 0 spiro atoms. The van der Waals surface area contributed by atoms with Crippen LogP contribution in [-0.4, -0.2) is 71.9 Å². The molecule has 1 fully saturated rings. The minimum Gasteiger partial charge on any atom is -0.338 e. The van der Waals surface area contributed by atoms with Gasteiger partial charge in [0.2, 0.25) is 5.91 Å². The molecule has 1 aliphatic rings. The monoisotopic (exact) mass is 284 g/mol. The maximum Gasteiger partial charge on any atom is 0.320 e. The lowest BCUT2D eigenvalue weighted by atomic mass is 10.0. The van der Waals surface area contributed by atoms with E-state index in [4.69, 9.17) is 5.73 Å². The van der Waals surface area contributed by atoms with Crippen LogP contribution in [0.15, 0.2) is 0 Å². The Balaban J connectivity index is 2.51. The summed E-state index contributed by atoms with van der Waals surface area (Å²) in [6.07, 6.45) is 0. The zero-order chi connectivity index (χ0) is 15.3. The molecule has 20 heavy (non-hydrogen) atoms. The fourth-order valence-electron chi connectivity index (χ4n) is 2.31. The van der Waals surface area contributed by atoms with Crippen LogP contribution in [0.3, 0.4) is 0 Å². The number of amides is 3. The maximum atomic E-state index is 12.2. The summed E-state index contributed by atoms with van der Waals surface area (Å²) in [5.41, 5.74) is 5.90. The molecule has 1 atom stereocenters. The van der Waals surface area contributed by atoms with Crippen molar-refractivity contribution in [2.24, 2.45) is 11.7 Å². The second-order valence-corrected chi connectivity index (χ2v) is 5.54. The van der Waals surface area contributed by atoms with Gasteiger partial charge in [-0.05, 0) is 19.8 Å². The third-order valence-electron chi connectivity index (χ3n) is 3.90. The first kappa shape index (κ1) is 16.8. The number of carbonyl (C=O) groups is 2. The van der Waals surface area contributed by atoms with Gasteiger partial charge >= 0.3 is 6.03 Å². The molecule has 0 bridgehead atoms. The van der Waals surface area contributed by atoms with Crippen LogP contribution in [0.2, 0.25) is 0 Å². The molecule has 0 aromatic carbocycles. The van der Waals surface area contributed by atoms with E-state index in [2.05, 4.69) is 0 Å². The summed E-state index contributed by atoms with van der Waals surface area (Å²) in [5, 5.41) is 0. The van der Waals surface area contributed by atoms with Gasteiger partial charge in [-0.15, -0.1) is 0 Å². The van der Waals surface area contributed by atoms with Crippen molar-refractivity contribution in [1.29, 1.82) is 0 Å². The third-order valence-corrected chi connectivity index (χ3v) is 3.90. The van der Waals surface area contributed by atoms with Gasteiger partial charge in [-0.2, -0.15) is 0 Å². The van der Waals surface area contributed by atoms with Gasteiger partial charge in [0.25, 0.3) is 0 Å². The van der Waals surface area contributed by atoms with E-state index in [0.717, 1.165) is 0 Å². The lowest BCUT2D eigenvalue weighted by Gasteiger charge is -2.38. The smallest absolute Gasteiger partial charge is 0.320 e. The van der Waals surface area contributed by atoms with E-state index < -0.39 is 6.04 Å². The standard InChI is InChI=1S/C14H28N4O2/c1-5-16(6-2)14(20)18-9-7-17(8-10-18)13(19)12(15)11(3)4/h11-12H,5-10,15H2,1-4H3. The van der Waals surface area contributed by atoms with Gasteiger partial charge in [0, 0.05) is 39.3 Å². The SMILES string of the molecule is CCN(CC)C(=O)N1CCN(C(=O)C(N)C(C)C)CC1. The van der Waals surface area contributed by atoms with Gasteiger partial charge in [0.15, 0.2) is 0 Å². The summed E-state index contributed by atoms with van der Waals surface area (Å²) in [7, 11) is 0. The first-order chi connectivity index (χ1) is 9.42. The molecule has 0 saturated carbocycles. The molecule has 1 unspecified atom stereocenters. The summed E-state index contributed by atoms with van der Waals surface area (Å²) in [5.74, 6) is 0.132. The Morgan fingerprint density at radius 3 is 1.90 bits per heavy atom. The topological polar surface area (TPSA) is 69.9 Å². The zero-order valence-corrected chi connectivity index (χ0v) is 13.1. The highest BCUT2D eigenvalue weighted by atomic mass is 16.2. The number of nitrogens with two attached hydrogens (primary N) is 1. The summed E-state index contributed by atoms with van der Waals surface area (Å²) in [6, 6.07) is -0.379. The van der Waals surface area contributed by atoms with Gasteiger partial charge in [0.1, 0.15) is 0 Å². The van der Waals surface area contributed by atoms with Crippen LogP contribution < -0.4 is 5.73 Å². The van der Waals surface area contributed by atoms with Crippen molar-refractivity contribution in [3.8, 4) is 0 Å². The van der Waals surface area contributed by atoms with Crippen LogP contribution in [-0.2, 0) is 4.79 Å². The maximum absolute atomic E-state index is 12.2. The molecule has 0 aliphatic carbocycles. The molecule has 3 amide bonds. The Morgan fingerprint density at radius 1 is 1.05 bits per heavy atom. The van der Waals surface area contributed by atoms with Gasteiger partial charge in [-0.3, -0.25) is 4.79 Å². The summed E-state index contributed by atoms with van der Waals surface area (Å²) in [4.78, 5) is 29.7. The highest BCUT2D eigenvalue weighted by Crippen LogP contribution is 2.09. The van der Waals surface area contributed by atoms with Crippen molar-refractivity contribution in [2.45, 2.75) is 33.7 Å². The molecular weight excluding hydrogens is 256 g/mol. The van der Waals surface area contributed by atoms with E-state index in [1.165, 1.54) is 0 Å². The first-order valence-electron chi connectivity index (χ1n) is 7.50. The summed E-state index contributed by atoms with van der Waals surface area (Å²) < 4.78 is 0. The average Bonchev–Trinajstić information content (AvgIpc) is 2.46. The van der Waals surface area contributed by atoms with Crippen molar-refractivity contribution in [2.75, 3.05) is 39.3 Å². The molecule has 6 heteroatoms. The lowest BCUT2D eigenvalue weighted by Crippen LogP contribution is -2.57. The Morgan fingerprint density at radius 2 is 1.50 bits per heavy atom. The number of rotatable bonds is 4. The highest BCUT2D eigenvalue weighted by molar-refractivity contribution is 5.82. The van der Waals surface area contributed by atoms with E-state index in [1.807, 2.05) is 32.6 Å². The van der Waals surface area contributed by atoms with Crippen LogP contribution in [0.25, 0.3) is 0 Å². The summed E-state index contributed by atoms with van der Waals surface area (Å²) in [6.45, 7) is 11.6. The van der Waals surface area contributed by atoms with Crippen LogP contribution in [0.5, 0.6) is 0 Å². The van der Waals surface area contributed by atoms with E-state index in [1.54, 1.807) is 9.80 Å². The van der Waals surface area contributed by atoms with Crippen molar-refractivity contribution in [3.63, 3.8) is 0 Å². The molecular formula is C14H28N4O2. The molecule has 6 nitrogen and oxygen atoms in total. The number of urea groups is 1. The summed E-state index contributed by atoms with van der Waals surface area (Å²) >= 11 is 0. The van der Waals surface area contributed by atoms with E-state index in [0.29, 0.717) is 39.3 Å². The fourth-order valence-corrected chi connectivity index (χ4v) is 2.31. The van der Waals surface area contributed by atoms with E-state index in [9.17, 15) is 9.59 Å². The Hall–Kier alpha value is -1.30. The molecule has 1 heterocycles. The van der Waals surface area contributed by atoms with Crippen LogP contribution in [0, 0.1) is 5.92 Å². The predicted molar refractivity (Wildman–Crippen MR) is 79.3 cm³/mol. The Kier molecular flexibility index (Phi) is 6.26. The van der Waals surface area contributed by atoms with Crippen molar-refractivity contribution < 1.29 is 9.59 Å². The molecule has 0 aromatic rings. The molecule has 2 N–H and O–H groups in total. The molecule has 116 valence electrons. The number of nitrogens with zero attached hydrogens (tertiary/aromatic N) is 3. The normalized spacial score (nSPS) is 17.3. The van der Waals surface area contributed by atoms with Crippen LogP contribution in [0.1, 0.15) is 27.7 Å². The molecule has 1 aliphatic heterocycles. The number of hydrogen-bond acceptors (Lipinski definition) is 3. The fraction of sp³-hybridized carbons (Fsp3) is 0.857.